The molecule has 46 heavy (non-hydrogen) atoms. The van der Waals surface area contributed by atoms with Crippen LogP contribution in [0.15, 0.2) is 42.0 Å². The average molecular weight is 650 g/mol. The van der Waals surface area contributed by atoms with Crippen molar-refractivity contribution in [2.24, 2.45) is 0 Å². The molecule has 10 nitrogen and oxygen atoms in total. The Morgan fingerprint density at radius 1 is 1.13 bits per heavy atom. The van der Waals surface area contributed by atoms with Gasteiger partial charge in [-0.2, -0.15) is 4.98 Å². The summed E-state index contributed by atoms with van der Waals surface area (Å²) in [4.78, 5) is 44.3. The molecule has 2 N–H and O–H groups in total. The average Bonchev–Trinajstić information content (AvgIpc) is 3.16. The van der Waals surface area contributed by atoms with Crippen LogP contribution in [-0.2, 0) is 4.79 Å². The fourth-order valence-electron chi connectivity index (χ4n) is 6.56. The minimum atomic E-state index is -0.921. The molecule has 2 aliphatic heterocycles. The van der Waals surface area contributed by atoms with E-state index in [1.165, 1.54) is 29.1 Å². The van der Waals surface area contributed by atoms with Crippen LogP contribution in [0.5, 0.6) is 5.75 Å². The van der Waals surface area contributed by atoms with E-state index in [-0.39, 0.29) is 70.8 Å². The van der Waals surface area contributed by atoms with Crippen LogP contribution in [-0.4, -0.2) is 67.2 Å². The largest absolute Gasteiger partial charge is 0.507 e. The molecule has 0 spiro atoms. The molecule has 0 radical (unpaired) electrons. The quantitative estimate of drug-likeness (QED) is 0.263. The van der Waals surface area contributed by atoms with Crippen molar-refractivity contribution in [1.29, 1.82) is 0 Å². The number of phenols is 1. The number of hydrogen-bond acceptors (Lipinski definition) is 8. The number of aromatic nitrogens is 4. The molecule has 0 saturated carbocycles. The van der Waals surface area contributed by atoms with Crippen LogP contribution in [0.4, 0.5) is 20.3 Å². The lowest BCUT2D eigenvalue weighted by molar-refractivity contribution is -0.128. The molecule has 1 saturated heterocycles. The molecule has 2 aliphatic rings. The van der Waals surface area contributed by atoms with E-state index in [2.05, 4.69) is 26.8 Å². The third-order valence-electron chi connectivity index (χ3n) is 8.72. The number of halogens is 3. The Morgan fingerprint density at radius 3 is 2.41 bits per heavy atom. The van der Waals surface area contributed by atoms with Gasteiger partial charge in [0.1, 0.15) is 23.7 Å². The van der Waals surface area contributed by atoms with Crippen molar-refractivity contribution >= 4 is 39.9 Å². The molecule has 4 heterocycles. The number of aromatic hydroxyl groups is 1. The van der Waals surface area contributed by atoms with Crippen LogP contribution in [0.3, 0.4) is 0 Å². The van der Waals surface area contributed by atoms with E-state index < -0.39 is 40.2 Å². The number of anilines is 2. The monoisotopic (exact) mass is 649 g/mol. The molecular formula is C33H34ClF2N7O3. The zero-order valence-electron chi connectivity index (χ0n) is 26.1. The molecule has 13 heteroatoms. The molecule has 4 aromatic rings. The lowest BCUT2D eigenvalue weighted by atomic mass is 9.97. The van der Waals surface area contributed by atoms with Crippen molar-refractivity contribution in [3.05, 3.63) is 75.7 Å². The van der Waals surface area contributed by atoms with Crippen LogP contribution >= 0.6 is 11.6 Å². The number of nitrogens with zero attached hydrogens (tertiary/aromatic N) is 6. The molecule has 2 aromatic heterocycles. The summed E-state index contributed by atoms with van der Waals surface area (Å²) in [5.74, 6) is -2.75. The Labute approximate surface area is 269 Å². The Hall–Kier alpha value is -4.58. The van der Waals surface area contributed by atoms with E-state index in [0.29, 0.717) is 17.1 Å². The normalized spacial score (nSPS) is 17.7. The first-order valence-corrected chi connectivity index (χ1v) is 15.5. The lowest BCUT2D eigenvalue weighted by Gasteiger charge is -2.45. The van der Waals surface area contributed by atoms with E-state index in [1.807, 2.05) is 39.5 Å². The predicted octanol–water partition coefficient (Wildman–Crippen LogP) is 5.74. The molecule has 2 atom stereocenters. The third-order valence-corrected chi connectivity index (χ3v) is 9.08. The second kappa shape index (κ2) is 11.7. The zero-order valence-corrected chi connectivity index (χ0v) is 26.9. The van der Waals surface area contributed by atoms with E-state index in [9.17, 15) is 14.7 Å². The molecule has 2 aromatic carbocycles. The summed E-state index contributed by atoms with van der Waals surface area (Å²) in [6.45, 7) is 13.9. The highest BCUT2D eigenvalue weighted by Gasteiger charge is 2.40. The highest BCUT2D eigenvalue weighted by Crippen LogP contribution is 2.49. The summed E-state index contributed by atoms with van der Waals surface area (Å²) < 4.78 is 33.6. The van der Waals surface area contributed by atoms with Gasteiger partial charge < -0.3 is 20.2 Å². The number of carbonyl (C=O) groups excluding carboxylic acids is 1. The highest BCUT2D eigenvalue weighted by molar-refractivity contribution is 6.39. The number of rotatable bonds is 5. The number of fused-ring (bicyclic) bond motifs is 2. The number of phenolic OH excluding ortho intramolecular Hbond substituents is 1. The van der Waals surface area contributed by atoms with Gasteiger partial charge in [0.2, 0.25) is 5.91 Å². The van der Waals surface area contributed by atoms with Gasteiger partial charge in [0.15, 0.2) is 5.82 Å². The number of benzene rings is 2. The third kappa shape index (κ3) is 4.77. The summed E-state index contributed by atoms with van der Waals surface area (Å²) in [6, 6.07) is 2.92. The summed E-state index contributed by atoms with van der Waals surface area (Å²) in [5.41, 5.74) is -0.140. The van der Waals surface area contributed by atoms with Crippen LogP contribution in [0.1, 0.15) is 57.8 Å². The number of carbonyl (C=O) groups is 1. The van der Waals surface area contributed by atoms with Gasteiger partial charge in [-0.1, -0.05) is 51.9 Å². The predicted molar refractivity (Wildman–Crippen MR) is 174 cm³/mol. The summed E-state index contributed by atoms with van der Waals surface area (Å²) in [7, 11) is 0. The summed E-state index contributed by atoms with van der Waals surface area (Å²) >= 11 is 7.13. The minimum Gasteiger partial charge on any atom is -0.507 e. The molecule has 240 valence electrons. The van der Waals surface area contributed by atoms with Gasteiger partial charge in [0.05, 0.1) is 50.3 Å². The van der Waals surface area contributed by atoms with Gasteiger partial charge in [0.25, 0.3) is 0 Å². The Balaban J connectivity index is 1.79. The van der Waals surface area contributed by atoms with Crippen LogP contribution in [0.2, 0.25) is 5.02 Å². The minimum absolute atomic E-state index is 0.0639. The van der Waals surface area contributed by atoms with Crippen molar-refractivity contribution in [1.82, 2.24) is 24.4 Å². The molecular weight excluding hydrogens is 616 g/mol. The summed E-state index contributed by atoms with van der Waals surface area (Å²) in [6.07, 6.45) is 2.68. The molecule has 0 aliphatic carbocycles. The number of hydrogen-bond donors (Lipinski definition) is 2. The van der Waals surface area contributed by atoms with Gasteiger partial charge >= 0.3 is 5.69 Å². The number of piperazine rings is 1. The number of amides is 1. The van der Waals surface area contributed by atoms with Gasteiger partial charge in [0, 0.05) is 31.2 Å². The maximum Gasteiger partial charge on any atom is 0.354 e. The Bertz CT molecular complexity index is 1930. The lowest BCUT2D eigenvalue weighted by Crippen LogP contribution is -2.60. The summed E-state index contributed by atoms with van der Waals surface area (Å²) in [5, 5.41) is 13.9. The van der Waals surface area contributed by atoms with E-state index in [0.717, 1.165) is 6.07 Å². The first-order chi connectivity index (χ1) is 21.9. The maximum atomic E-state index is 16.9. The van der Waals surface area contributed by atoms with Crippen molar-refractivity contribution in [3.8, 4) is 22.6 Å². The first kappa shape index (κ1) is 31.4. The maximum absolute atomic E-state index is 16.9. The fraction of sp³-hybridized carbons (Fsp3) is 0.364. The second-order valence-corrected chi connectivity index (χ2v) is 12.7. The molecule has 1 amide bonds. The van der Waals surface area contributed by atoms with Crippen LogP contribution in [0, 0.1) is 11.6 Å². The molecule has 6 rings (SSSR count). The van der Waals surface area contributed by atoms with Crippen molar-refractivity contribution in [2.45, 2.75) is 58.5 Å². The van der Waals surface area contributed by atoms with Crippen molar-refractivity contribution in [3.63, 3.8) is 0 Å². The molecule has 1 fully saturated rings. The van der Waals surface area contributed by atoms with Gasteiger partial charge in [-0.05, 0) is 37.0 Å². The molecule has 2 unspecified atom stereocenters. The Morgan fingerprint density at radius 2 is 1.80 bits per heavy atom. The second-order valence-electron chi connectivity index (χ2n) is 12.3. The van der Waals surface area contributed by atoms with Crippen molar-refractivity contribution in [2.75, 3.05) is 29.9 Å². The zero-order chi connectivity index (χ0) is 33.2. The SMILES string of the molecule is C=CC(=O)N1CC2CNc3c(F)c(-c4c(O)cccc4F)c(Cl)c4c3c(nc(=O)n4-c3c(C(C)C)ncnc3C(C)C)N2CC1C. The van der Waals surface area contributed by atoms with E-state index in [4.69, 9.17) is 11.6 Å². The van der Waals surface area contributed by atoms with Gasteiger partial charge in [-0.15, -0.1) is 0 Å². The van der Waals surface area contributed by atoms with Crippen LogP contribution in [0.25, 0.3) is 27.7 Å². The first-order valence-electron chi connectivity index (χ1n) is 15.1. The van der Waals surface area contributed by atoms with E-state index in [1.54, 1.807) is 4.90 Å². The Kier molecular flexibility index (Phi) is 7.95. The highest BCUT2D eigenvalue weighted by atomic mass is 35.5. The van der Waals surface area contributed by atoms with Crippen molar-refractivity contribution < 1.29 is 18.7 Å². The topological polar surface area (TPSA) is 116 Å². The van der Waals surface area contributed by atoms with Gasteiger partial charge in [-0.3, -0.25) is 9.36 Å². The van der Waals surface area contributed by atoms with E-state index >= 15 is 8.78 Å². The van der Waals surface area contributed by atoms with Crippen LogP contribution < -0.4 is 15.9 Å². The molecule has 0 bridgehead atoms. The smallest absolute Gasteiger partial charge is 0.354 e. The number of nitrogens with one attached hydrogen (secondary N) is 1. The standard InChI is InChI=1S/C33H34ClF2N7O3/c1-7-21(45)41-13-18-11-37-29-24-30(25(34)23(26(29)36)22-19(35)9-8-10-20(22)44)43(33(46)40-32(24)42(18)12-17(41)6)31-27(15(2)3)38-14-39-28(31)16(4)5/h7-10,14-18,37,44H,1,11-13H2,2-6H3. The fourth-order valence-corrected chi connectivity index (χ4v) is 6.91. The van der Waals surface area contributed by atoms with Gasteiger partial charge in [-0.25, -0.2) is 23.5 Å².